The van der Waals surface area contributed by atoms with Crippen LogP contribution in [-0.2, 0) is 6.54 Å². The zero-order valence-electron chi connectivity index (χ0n) is 10.5. The second-order valence-electron chi connectivity index (χ2n) is 4.26. The molecule has 0 aliphatic heterocycles. The highest BCUT2D eigenvalue weighted by molar-refractivity contribution is 5.27. The first-order chi connectivity index (χ1) is 9.34. The molecule has 0 saturated heterocycles. The standard InChI is InChI=1S/C12H13N7/c1-10(6-18-9-14-7-16-18)12-15-8-17-19(12)11-3-2-4-13-5-11/h2-5,7-10H,6H2,1H3. The third-order valence-electron chi connectivity index (χ3n) is 2.83. The van der Waals surface area contributed by atoms with Crippen molar-refractivity contribution in [2.45, 2.75) is 19.4 Å². The van der Waals surface area contributed by atoms with E-state index < -0.39 is 0 Å². The minimum absolute atomic E-state index is 0.171. The van der Waals surface area contributed by atoms with E-state index in [4.69, 9.17) is 0 Å². The molecule has 3 aromatic rings. The minimum Gasteiger partial charge on any atom is -0.262 e. The molecule has 0 aromatic carbocycles. The first-order valence-electron chi connectivity index (χ1n) is 5.97. The minimum atomic E-state index is 0.171. The van der Waals surface area contributed by atoms with Crippen LogP contribution in [0.25, 0.3) is 5.69 Å². The Morgan fingerprint density at radius 3 is 2.89 bits per heavy atom. The van der Waals surface area contributed by atoms with E-state index in [1.165, 1.54) is 6.33 Å². The predicted octanol–water partition coefficient (Wildman–Crippen LogP) is 1.06. The van der Waals surface area contributed by atoms with Crippen molar-refractivity contribution in [3.8, 4) is 5.69 Å². The van der Waals surface area contributed by atoms with Gasteiger partial charge in [0.1, 0.15) is 24.8 Å². The van der Waals surface area contributed by atoms with Gasteiger partial charge in [-0.25, -0.2) is 14.6 Å². The zero-order chi connectivity index (χ0) is 13.1. The van der Waals surface area contributed by atoms with Crippen molar-refractivity contribution < 1.29 is 0 Å². The van der Waals surface area contributed by atoms with Gasteiger partial charge in [0.05, 0.1) is 18.4 Å². The highest BCUT2D eigenvalue weighted by Gasteiger charge is 2.15. The van der Waals surface area contributed by atoms with Gasteiger partial charge in [-0.2, -0.15) is 10.2 Å². The summed E-state index contributed by atoms with van der Waals surface area (Å²) < 4.78 is 3.58. The number of hydrogen-bond donors (Lipinski definition) is 0. The number of rotatable bonds is 4. The molecule has 0 spiro atoms. The fourth-order valence-electron chi connectivity index (χ4n) is 1.95. The van der Waals surface area contributed by atoms with Crippen LogP contribution in [0.1, 0.15) is 18.7 Å². The molecule has 0 bridgehead atoms. The van der Waals surface area contributed by atoms with Gasteiger partial charge < -0.3 is 0 Å². The topological polar surface area (TPSA) is 74.3 Å². The molecule has 1 atom stereocenters. The van der Waals surface area contributed by atoms with Gasteiger partial charge in [-0.05, 0) is 12.1 Å². The summed E-state index contributed by atoms with van der Waals surface area (Å²) in [6.45, 7) is 2.79. The monoisotopic (exact) mass is 255 g/mol. The summed E-state index contributed by atoms with van der Waals surface area (Å²) in [6, 6.07) is 3.83. The van der Waals surface area contributed by atoms with Crippen molar-refractivity contribution in [2.24, 2.45) is 0 Å². The molecule has 0 radical (unpaired) electrons. The Morgan fingerprint density at radius 1 is 1.21 bits per heavy atom. The maximum Gasteiger partial charge on any atom is 0.138 e. The molecule has 0 amide bonds. The molecule has 1 unspecified atom stereocenters. The SMILES string of the molecule is CC(Cn1cncn1)c1ncnn1-c1cccnc1. The number of nitrogens with zero attached hydrogens (tertiary/aromatic N) is 7. The largest absolute Gasteiger partial charge is 0.262 e. The van der Waals surface area contributed by atoms with E-state index in [-0.39, 0.29) is 5.92 Å². The highest BCUT2D eigenvalue weighted by Crippen LogP contribution is 2.17. The molecule has 19 heavy (non-hydrogen) atoms. The molecule has 3 aromatic heterocycles. The van der Waals surface area contributed by atoms with Crippen molar-refractivity contribution in [1.82, 2.24) is 34.5 Å². The lowest BCUT2D eigenvalue weighted by atomic mass is 10.1. The Labute approximate surface area is 110 Å². The summed E-state index contributed by atoms with van der Waals surface area (Å²) in [5, 5.41) is 8.36. The van der Waals surface area contributed by atoms with Gasteiger partial charge in [0.2, 0.25) is 0 Å². The van der Waals surface area contributed by atoms with Crippen molar-refractivity contribution in [2.75, 3.05) is 0 Å². The van der Waals surface area contributed by atoms with Crippen molar-refractivity contribution in [3.63, 3.8) is 0 Å². The third-order valence-corrected chi connectivity index (χ3v) is 2.83. The molecule has 0 N–H and O–H groups in total. The Bertz CT molecular complexity index is 629. The molecule has 0 aliphatic carbocycles. The highest BCUT2D eigenvalue weighted by atomic mass is 15.4. The summed E-state index contributed by atoms with van der Waals surface area (Å²) in [4.78, 5) is 12.4. The average molecular weight is 255 g/mol. The summed E-state index contributed by atoms with van der Waals surface area (Å²) >= 11 is 0. The van der Waals surface area contributed by atoms with Gasteiger partial charge in [0, 0.05) is 12.1 Å². The van der Waals surface area contributed by atoms with Crippen LogP contribution >= 0.6 is 0 Å². The second kappa shape index (κ2) is 4.97. The molecule has 3 heterocycles. The summed E-state index contributed by atoms with van der Waals surface area (Å²) in [6.07, 6.45) is 8.28. The summed E-state index contributed by atoms with van der Waals surface area (Å²) in [5.41, 5.74) is 0.903. The second-order valence-corrected chi connectivity index (χ2v) is 4.26. The fraction of sp³-hybridized carbons (Fsp3) is 0.250. The van der Waals surface area contributed by atoms with E-state index in [2.05, 4.69) is 32.1 Å². The lowest BCUT2D eigenvalue weighted by Gasteiger charge is -2.12. The zero-order valence-corrected chi connectivity index (χ0v) is 10.5. The van der Waals surface area contributed by atoms with Crippen LogP contribution in [0.2, 0.25) is 0 Å². The van der Waals surface area contributed by atoms with Crippen LogP contribution in [0, 0.1) is 0 Å². The predicted molar refractivity (Wildman–Crippen MR) is 67.6 cm³/mol. The Hall–Kier alpha value is -2.57. The first kappa shape index (κ1) is 11.5. The maximum atomic E-state index is 4.34. The smallest absolute Gasteiger partial charge is 0.138 e. The molecule has 7 heteroatoms. The van der Waals surface area contributed by atoms with Crippen LogP contribution in [0.4, 0.5) is 0 Å². The molecule has 7 nitrogen and oxygen atoms in total. The number of aromatic nitrogens is 7. The quantitative estimate of drug-likeness (QED) is 0.696. The van der Waals surface area contributed by atoms with Gasteiger partial charge in [-0.1, -0.05) is 6.92 Å². The fourth-order valence-corrected chi connectivity index (χ4v) is 1.95. The van der Waals surface area contributed by atoms with Crippen LogP contribution < -0.4 is 0 Å². The van der Waals surface area contributed by atoms with Crippen molar-refractivity contribution in [3.05, 3.63) is 49.3 Å². The Morgan fingerprint density at radius 2 is 2.16 bits per heavy atom. The van der Waals surface area contributed by atoms with Gasteiger partial charge in [-0.3, -0.25) is 9.67 Å². The van der Waals surface area contributed by atoms with Crippen LogP contribution in [0.3, 0.4) is 0 Å². The lowest BCUT2D eigenvalue weighted by Crippen LogP contribution is -2.13. The Kier molecular flexibility index (Phi) is 3.01. The van der Waals surface area contributed by atoms with Crippen LogP contribution in [0.5, 0.6) is 0 Å². The molecule has 0 aliphatic rings. The van der Waals surface area contributed by atoms with E-state index in [1.54, 1.807) is 34.4 Å². The molecular formula is C12H13N7. The summed E-state index contributed by atoms with van der Waals surface area (Å²) in [5.74, 6) is 1.05. The maximum absolute atomic E-state index is 4.34. The molecule has 0 fully saturated rings. The van der Waals surface area contributed by atoms with Crippen LogP contribution in [-0.4, -0.2) is 34.5 Å². The molecule has 3 rings (SSSR count). The molecule has 0 saturated carbocycles. The van der Waals surface area contributed by atoms with E-state index in [0.29, 0.717) is 6.54 Å². The van der Waals surface area contributed by atoms with E-state index in [1.807, 2.05) is 12.1 Å². The average Bonchev–Trinajstić information content (AvgIpc) is 3.10. The summed E-state index contributed by atoms with van der Waals surface area (Å²) in [7, 11) is 0. The number of pyridine rings is 1. The van der Waals surface area contributed by atoms with E-state index >= 15 is 0 Å². The van der Waals surface area contributed by atoms with Crippen molar-refractivity contribution in [1.29, 1.82) is 0 Å². The third kappa shape index (κ3) is 2.35. The van der Waals surface area contributed by atoms with Crippen LogP contribution in [0.15, 0.2) is 43.5 Å². The van der Waals surface area contributed by atoms with Gasteiger partial charge in [0.15, 0.2) is 0 Å². The van der Waals surface area contributed by atoms with Gasteiger partial charge >= 0.3 is 0 Å². The lowest BCUT2D eigenvalue weighted by molar-refractivity contribution is 0.514. The molecular weight excluding hydrogens is 242 g/mol. The molecule has 96 valence electrons. The normalized spacial score (nSPS) is 12.5. The first-order valence-corrected chi connectivity index (χ1v) is 5.97. The number of hydrogen-bond acceptors (Lipinski definition) is 5. The van der Waals surface area contributed by atoms with E-state index in [9.17, 15) is 0 Å². The Balaban J connectivity index is 1.88. The van der Waals surface area contributed by atoms with E-state index in [0.717, 1.165) is 11.5 Å². The van der Waals surface area contributed by atoms with Gasteiger partial charge in [-0.15, -0.1) is 0 Å². The van der Waals surface area contributed by atoms with Gasteiger partial charge in [0.25, 0.3) is 0 Å². The van der Waals surface area contributed by atoms with Crippen molar-refractivity contribution >= 4 is 0 Å².